The fourth-order valence-electron chi connectivity index (χ4n) is 7.10. The van der Waals surface area contributed by atoms with E-state index in [1.54, 1.807) is 45.0 Å². The highest BCUT2D eigenvalue weighted by Gasteiger charge is 2.74. The van der Waals surface area contributed by atoms with Gasteiger partial charge in [0.2, 0.25) is 5.96 Å². The van der Waals surface area contributed by atoms with Crippen LogP contribution in [0.15, 0.2) is 126 Å². The number of nitrogens with one attached hydrogen (secondary N) is 3. The number of carbonyl (C=O) groups is 5. The number of hydrogen-bond acceptors (Lipinski definition) is 11. The summed E-state index contributed by atoms with van der Waals surface area (Å²) in [5.41, 5.74) is -0.162. The van der Waals surface area contributed by atoms with Crippen LogP contribution >= 0.6 is 0 Å². The predicted molar refractivity (Wildman–Crippen MR) is 223 cm³/mol. The molecule has 0 aliphatic carbocycles. The lowest BCUT2D eigenvalue weighted by Gasteiger charge is -2.35. The zero-order chi connectivity index (χ0) is 43.4. The highest BCUT2D eigenvalue weighted by molar-refractivity contribution is 6.10. The van der Waals surface area contributed by atoms with Gasteiger partial charge in [0.15, 0.2) is 6.10 Å². The van der Waals surface area contributed by atoms with Crippen molar-refractivity contribution in [3.05, 3.63) is 144 Å². The molecule has 2 aliphatic heterocycles. The van der Waals surface area contributed by atoms with Crippen LogP contribution in [0.4, 0.5) is 9.59 Å². The number of benzene rings is 4. The van der Waals surface area contributed by atoms with Gasteiger partial charge in [-0.3, -0.25) is 25.2 Å². The molecule has 4 aromatic rings. The Bertz CT molecular complexity index is 2060. The molecule has 2 saturated heterocycles. The van der Waals surface area contributed by atoms with E-state index in [2.05, 4.69) is 20.9 Å². The molecule has 0 radical (unpaired) electrons. The van der Waals surface area contributed by atoms with Crippen molar-refractivity contribution in [3.8, 4) is 0 Å². The lowest BCUT2D eigenvalue weighted by atomic mass is 9.89. The highest BCUT2D eigenvalue weighted by Crippen LogP contribution is 2.50. The molecule has 2 fully saturated rings. The van der Waals surface area contributed by atoms with Crippen molar-refractivity contribution in [2.75, 3.05) is 20.2 Å². The quantitative estimate of drug-likeness (QED) is 0.0312. The van der Waals surface area contributed by atoms with Crippen molar-refractivity contribution in [2.24, 2.45) is 10.9 Å². The molecule has 4 aromatic carbocycles. The maximum absolute atomic E-state index is 14.3. The van der Waals surface area contributed by atoms with E-state index in [1.807, 2.05) is 97.1 Å². The van der Waals surface area contributed by atoms with E-state index in [1.165, 1.54) is 11.9 Å². The molecule has 0 saturated carbocycles. The number of piperidine rings is 1. The second-order valence-corrected chi connectivity index (χ2v) is 15.2. The normalized spacial score (nSPS) is 19.5. The molecule has 2 bridgehead atoms. The van der Waals surface area contributed by atoms with Gasteiger partial charge in [0.1, 0.15) is 25.0 Å². The summed E-state index contributed by atoms with van der Waals surface area (Å²) in [4.78, 5) is 73.2. The summed E-state index contributed by atoms with van der Waals surface area (Å²) in [5, 5.41) is 7.94. The second-order valence-electron chi connectivity index (χ2n) is 15.2. The molecule has 6 rings (SSSR count). The van der Waals surface area contributed by atoms with Crippen LogP contribution in [0.25, 0.3) is 0 Å². The van der Waals surface area contributed by atoms with E-state index in [-0.39, 0.29) is 45.2 Å². The molecule has 4 atom stereocenters. The van der Waals surface area contributed by atoms with Gasteiger partial charge in [-0.15, -0.1) is 0 Å². The van der Waals surface area contributed by atoms with Gasteiger partial charge in [0.05, 0.1) is 6.04 Å². The molecule has 15 heteroatoms. The van der Waals surface area contributed by atoms with Crippen molar-refractivity contribution in [1.82, 2.24) is 20.9 Å². The summed E-state index contributed by atoms with van der Waals surface area (Å²) in [7, 11) is 1.54. The van der Waals surface area contributed by atoms with Crippen LogP contribution in [0, 0.1) is 5.92 Å². The van der Waals surface area contributed by atoms with E-state index in [4.69, 9.17) is 23.7 Å². The number of nitrogens with zero attached hydrogens (tertiary/aromatic N) is 2. The number of aliphatic imine (C=N–C) groups is 1. The number of ether oxygens (including phenoxy) is 5. The molecule has 0 spiro atoms. The summed E-state index contributed by atoms with van der Waals surface area (Å²) in [5.74, 6) is -2.92. The number of likely N-dealkylation sites (N-methyl/N-ethyl adjacent to an activating group) is 1. The van der Waals surface area contributed by atoms with Gasteiger partial charge >= 0.3 is 18.2 Å². The molecular weight excluding hydrogens is 783 g/mol. The Labute approximate surface area is 354 Å². The lowest BCUT2D eigenvalue weighted by molar-refractivity contribution is -0.189. The number of carbonyl (C=O) groups excluding carboxylic acids is 5. The van der Waals surface area contributed by atoms with E-state index in [9.17, 15) is 24.0 Å². The fourth-order valence-corrected chi connectivity index (χ4v) is 7.10. The summed E-state index contributed by atoms with van der Waals surface area (Å²) in [6.07, 6.45) is -3.69. The average molecular weight is 834 g/mol. The zero-order valence-corrected chi connectivity index (χ0v) is 34.6. The number of rotatable bonds is 16. The minimum Gasteiger partial charge on any atom is -0.449 e. The number of amides is 4. The highest BCUT2D eigenvalue weighted by atomic mass is 16.6. The van der Waals surface area contributed by atoms with Crippen molar-refractivity contribution < 1.29 is 47.7 Å². The van der Waals surface area contributed by atoms with Crippen LogP contribution in [0.2, 0.25) is 0 Å². The number of likely N-dealkylation sites (tertiary alicyclic amines) is 1. The molecule has 4 amide bonds. The van der Waals surface area contributed by atoms with E-state index in [0.717, 1.165) is 22.3 Å². The van der Waals surface area contributed by atoms with Crippen LogP contribution in [-0.2, 0) is 51.3 Å². The summed E-state index contributed by atoms with van der Waals surface area (Å²) < 4.78 is 28.9. The molecule has 2 aliphatic rings. The lowest BCUT2D eigenvalue weighted by Crippen LogP contribution is -2.60. The summed E-state index contributed by atoms with van der Waals surface area (Å²) in [6, 6.07) is 36.5. The summed E-state index contributed by atoms with van der Waals surface area (Å²) in [6.45, 7) is 5.17. The first-order valence-electron chi connectivity index (χ1n) is 20.1. The van der Waals surface area contributed by atoms with Gasteiger partial charge in [0, 0.05) is 26.6 Å². The van der Waals surface area contributed by atoms with Crippen molar-refractivity contribution in [1.29, 1.82) is 0 Å². The molecule has 15 nitrogen and oxygen atoms in total. The van der Waals surface area contributed by atoms with E-state index in [0.29, 0.717) is 0 Å². The second kappa shape index (κ2) is 20.1. The first-order chi connectivity index (χ1) is 29.4. The molecule has 0 aromatic heterocycles. The average Bonchev–Trinajstić information content (AvgIpc) is 3.69. The smallest absolute Gasteiger partial charge is 0.414 e. The fraction of sp³-hybridized carbons (Fsp3) is 0.348. The Balaban J connectivity index is 1.11. The van der Waals surface area contributed by atoms with Crippen LogP contribution in [-0.4, -0.2) is 84.6 Å². The number of esters is 1. The molecule has 61 heavy (non-hydrogen) atoms. The third kappa shape index (κ3) is 10.8. The van der Waals surface area contributed by atoms with Gasteiger partial charge in [-0.2, -0.15) is 0 Å². The van der Waals surface area contributed by atoms with Crippen molar-refractivity contribution >= 4 is 35.9 Å². The predicted octanol–water partition coefficient (Wildman–Crippen LogP) is 5.79. The van der Waals surface area contributed by atoms with Gasteiger partial charge < -0.3 is 33.9 Å². The van der Waals surface area contributed by atoms with E-state index < -0.39 is 65.5 Å². The van der Waals surface area contributed by atoms with Crippen molar-refractivity contribution in [2.45, 2.75) is 76.4 Å². The first-order valence-corrected chi connectivity index (χ1v) is 20.1. The Morgan fingerprint density at radius 2 is 1.28 bits per heavy atom. The number of fused-ring (bicyclic) bond motifs is 2. The van der Waals surface area contributed by atoms with Crippen molar-refractivity contribution in [3.63, 3.8) is 0 Å². The third-order valence-corrected chi connectivity index (χ3v) is 10.4. The first kappa shape index (κ1) is 44.0. The number of alkyl carbamates (subject to hydrolysis) is 2. The molecule has 3 N–H and O–H groups in total. The van der Waals surface area contributed by atoms with Crippen LogP contribution in [0.3, 0.4) is 0 Å². The minimum absolute atomic E-state index is 0.00621. The molecule has 320 valence electrons. The number of guanidine groups is 1. The molecular formula is C46H51N5O10. The van der Waals surface area contributed by atoms with Crippen LogP contribution < -0.4 is 16.0 Å². The maximum Gasteiger partial charge on any atom is 0.414 e. The van der Waals surface area contributed by atoms with Gasteiger partial charge in [-0.05, 0) is 41.5 Å². The Kier molecular flexibility index (Phi) is 14.5. The largest absolute Gasteiger partial charge is 0.449 e. The SMILES string of the molecule is CC(C)[C@H](OC(=O)[C@]12O[C@](C)(C[C@H]1OCCCN=C(NC(=O)OCc1ccccc1)NC(=O)OCc1ccccc1)N(C)C2=O)C(=O)NC(c1ccccc1)c1ccccc1. The third-order valence-electron chi connectivity index (χ3n) is 10.4. The minimum atomic E-state index is -2.17. The zero-order valence-electron chi connectivity index (χ0n) is 34.6. The van der Waals surface area contributed by atoms with Gasteiger partial charge in [-0.25, -0.2) is 14.4 Å². The molecule has 0 unspecified atom stereocenters. The maximum atomic E-state index is 14.3. The Morgan fingerprint density at radius 1 is 0.787 bits per heavy atom. The van der Waals surface area contributed by atoms with Crippen LogP contribution in [0.1, 0.15) is 61.9 Å². The number of hydrogen-bond donors (Lipinski definition) is 3. The van der Waals surface area contributed by atoms with E-state index >= 15 is 0 Å². The van der Waals surface area contributed by atoms with Gasteiger partial charge in [-0.1, -0.05) is 135 Å². The molecule has 2 heterocycles. The van der Waals surface area contributed by atoms with Crippen LogP contribution in [0.5, 0.6) is 0 Å². The Hall–Kier alpha value is -6.58. The topological polar surface area (TPSA) is 183 Å². The standard InChI is InChI=1S/C46H51N5O10/c1-31(2)38(39(52)48-37(34-22-13-7-14-23-34)35-24-15-8-16-25-35)60-41(54)46-36(28-45(3,61-46)51(4)40(46)53)57-27-17-26-47-42(49-43(55)58-29-32-18-9-5-10-19-32)50-44(56)59-30-33-20-11-6-12-21-33/h5-16,18-25,31,36-38H,17,26-30H2,1-4H3,(H,48,52)(H2,47,49,50,55,56)/t36-,38+,45-,46+/m1/s1. The van der Waals surface area contributed by atoms with Gasteiger partial charge in [0.25, 0.3) is 17.4 Å². The Morgan fingerprint density at radius 3 is 1.75 bits per heavy atom. The monoisotopic (exact) mass is 833 g/mol. The summed E-state index contributed by atoms with van der Waals surface area (Å²) >= 11 is 0.